The van der Waals surface area contributed by atoms with Crippen LogP contribution in [0.3, 0.4) is 0 Å². The third-order valence-electron chi connectivity index (χ3n) is 3.14. The van der Waals surface area contributed by atoms with Crippen molar-refractivity contribution in [2.75, 3.05) is 6.54 Å². The minimum absolute atomic E-state index is 0.0538. The molecule has 1 amide bonds. The van der Waals surface area contributed by atoms with Gasteiger partial charge in [0.25, 0.3) is 0 Å². The summed E-state index contributed by atoms with van der Waals surface area (Å²) in [5.41, 5.74) is 1.11. The first kappa shape index (κ1) is 12.1. The normalized spacial score (nSPS) is 20.9. The van der Waals surface area contributed by atoms with E-state index in [4.69, 9.17) is 0 Å². The summed E-state index contributed by atoms with van der Waals surface area (Å²) in [5, 5.41) is 6.96. The van der Waals surface area contributed by atoms with Crippen LogP contribution >= 0.6 is 0 Å². The van der Waals surface area contributed by atoms with E-state index in [1.165, 1.54) is 0 Å². The van der Waals surface area contributed by atoms with Gasteiger partial charge in [0.1, 0.15) is 0 Å². The van der Waals surface area contributed by atoms with Crippen LogP contribution in [0.1, 0.15) is 51.8 Å². The molecule has 0 unspecified atom stereocenters. The van der Waals surface area contributed by atoms with Crippen molar-refractivity contribution in [3.05, 3.63) is 18.0 Å². The number of carbonyl (C=O) groups excluding carboxylic acids is 1. The largest absolute Gasteiger partial charge is 0.334 e. The highest BCUT2D eigenvalue weighted by atomic mass is 16.2. The molecule has 1 fully saturated rings. The fourth-order valence-corrected chi connectivity index (χ4v) is 2.40. The molecule has 1 aliphatic rings. The Bertz CT molecular complexity index is 378. The predicted octanol–water partition coefficient (Wildman–Crippen LogP) is 2.51. The zero-order valence-electron chi connectivity index (χ0n) is 10.9. The molecule has 0 spiro atoms. The zero-order valence-corrected chi connectivity index (χ0v) is 10.9. The van der Waals surface area contributed by atoms with Crippen LogP contribution < -0.4 is 0 Å². The lowest BCUT2D eigenvalue weighted by Gasteiger charge is -2.27. The third-order valence-corrected chi connectivity index (χ3v) is 3.14. The molecular weight excluding hydrogens is 214 g/mol. The summed E-state index contributed by atoms with van der Waals surface area (Å²) < 4.78 is 0. The Kier molecular flexibility index (Phi) is 3.22. The van der Waals surface area contributed by atoms with Gasteiger partial charge >= 0.3 is 0 Å². The number of hydrogen-bond acceptors (Lipinski definition) is 2. The van der Waals surface area contributed by atoms with Crippen LogP contribution in [-0.4, -0.2) is 27.5 Å². The van der Waals surface area contributed by atoms with Crippen molar-refractivity contribution in [1.29, 1.82) is 0 Å². The van der Waals surface area contributed by atoms with E-state index in [1.807, 2.05) is 11.0 Å². The third kappa shape index (κ3) is 2.87. The highest BCUT2D eigenvalue weighted by Gasteiger charge is 2.32. The number of rotatable bonds is 2. The molecule has 1 aliphatic heterocycles. The van der Waals surface area contributed by atoms with E-state index in [1.54, 1.807) is 6.20 Å². The maximum absolute atomic E-state index is 12.3. The Balaban J connectivity index is 2.07. The average molecular weight is 235 g/mol. The molecule has 2 rings (SSSR count). The van der Waals surface area contributed by atoms with Gasteiger partial charge in [0, 0.05) is 19.2 Å². The van der Waals surface area contributed by atoms with Gasteiger partial charge in [-0.1, -0.05) is 20.8 Å². The van der Waals surface area contributed by atoms with E-state index in [2.05, 4.69) is 31.0 Å². The summed E-state index contributed by atoms with van der Waals surface area (Å²) in [4.78, 5) is 14.3. The SMILES string of the molecule is CC(C)(C)CC(=O)N1CCC[C@@H]1c1ccn[nH]1. The number of H-pyrrole nitrogens is 1. The lowest BCUT2D eigenvalue weighted by Crippen LogP contribution is -2.33. The van der Waals surface area contributed by atoms with Crippen molar-refractivity contribution in [2.45, 2.75) is 46.1 Å². The molecule has 4 heteroatoms. The second-order valence-electron chi connectivity index (χ2n) is 5.99. The molecule has 0 bridgehead atoms. The standard InChI is InChI=1S/C13H21N3O/c1-13(2,3)9-12(17)16-8-4-5-11(16)10-6-7-14-15-10/h6-7,11H,4-5,8-9H2,1-3H3,(H,14,15)/t11-/m1/s1. The number of nitrogens with zero attached hydrogens (tertiary/aromatic N) is 2. The van der Waals surface area contributed by atoms with Crippen molar-refractivity contribution >= 4 is 5.91 Å². The van der Waals surface area contributed by atoms with Gasteiger partial charge in [-0.05, 0) is 24.3 Å². The minimum Gasteiger partial charge on any atom is -0.334 e. The molecule has 1 saturated heterocycles. The molecule has 1 atom stereocenters. The Morgan fingerprint density at radius 2 is 2.35 bits per heavy atom. The smallest absolute Gasteiger partial charge is 0.223 e. The number of nitrogens with one attached hydrogen (secondary N) is 1. The monoisotopic (exact) mass is 235 g/mol. The number of likely N-dealkylation sites (tertiary alicyclic amines) is 1. The number of aromatic amines is 1. The second-order valence-corrected chi connectivity index (χ2v) is 5.99. The Morgan fingerprint density at radius 1 is 1.59 bits per heavy atom. The van der Waals surface area contributed by atoms with Crippen molar-refractivity contribution in [2.24, 2.45) is 5.41 Å². The number of hydrogen-bond donors (Lipinski definition) is 1. The number of aromatic nitrogens is 2. The summed E-state index contributed by atoms with van der Waals surface area (Å²) in [6.45, 7) is 7.18. The average Bonchev–Trinajstić information content (AvgIpc) is 2.85. The maximum Gasteiger partial charge on any atom is 0.223 e. The minimum atomic E-state index is 0.0538. The maximum atomic E-state index is 12.3. The van der Waals surface area contributed by atoms with Gasteiger partial charge in [-0.15, -0.1) is 0 Å². The Labute approximate surface area is 102 Å². The fraction of sp³-hybridized carbons (Fsp3) is 0.692. The van der Waals surface area contributed by atoms with Crippen LogP contribution in [0.25, 0.3) is 0 Å². The van der Waals surface area contributed by atoms with Crippen LogP contribution in [0.5, 0.6) is 0 Å². The van der Waals surface area contributed by atoms with Crippen LogP contribution in [0.15, 0.2) is 12.3 Å². The number of amides is 1. The van der Waals surface area contributed by atoms with Crippen LogP contribution in [0, 0.1) is 5.41 Å². The van der Waals surface area contributed by atoms with Gasteiger partial charge in [0.05, 0.1) is 11.7 Å². The van der Waals surface area contributed by atoms with E-state index in [0.29, 0.717) is 6.42 Å². The molecule has 17 heavy (non-hydrogen) atoms. The van der Waals surface area contributed by atoms with Gasteiger partial charge in [0.2, 0.25) is 5.91 Å². The van der Waals surface area contributed by atoms with Gasteiger partial charge in [-0.25, -0.2) is 0 Å². The summed E-state index contributed by atoms with van der Waals surface area (Å²) >= 11 is 0. The molecule has 94 valence electrons. The molecule has 4 nitrogen and oxygen atoms in total. The first-order chi connectivity index (χ1) is 7.97. The van der Waals surface area contributed by atoms with Crippen LogP contribution in [0.2, 0.25) is 0 Å². The lowest BCUT2D eigenvalue weighted by atomic mass is 9.91. The molecule has 0 radical (unpaired) electrons. The van der Waals surface area contributed by atoms with E-state index in [0.717, 1.165) is 25.1 Å². The number of carbonyl (C=O) groups is 1. The zero-order chi connectivity index (χ0) is 12.5. The first-order valence-electron chi connectivity index (χ1n) is 6.26. The summed E-state index contributed by atoms with van der Waals surface area (Å²) in [6.07, 6.45) is 4.48. The lowest BCUT2D eigenvalue weighted by molar-refractivity contribution is -0.134. The highest BCUT2D eigenvalue weighted by Crippen LogP contribution is 2.32. The van der Waals surface area contributed by atoms with Crippen molar-refractivity contribution in [3.63, 3.8) is 0 Å². The molecular formula is C13H21N3O. The molecule has 1 aromatic heterocycles. The van der Waals surface area contributed by atoms with Crippen molar-refractivity contribution in [3.8, 4) is 0 Å². The molecule has 0 saturated carbocycles. The van der Waals surface area contributed by atoms with Gasteiger partial charge in [-0.2, -0.15) is 5.10 Å². The molecule has 2 heterocycles. The van der Waals surface area contributed by atoms with E-state index in [-0.39, 0.29) is 17.4 Å². The second kappa shape index (κ2) is 4.51. The van der Waals surface area contributed by atoms with Crippen LogP contribution in [-0.2, 0) is 4.79 Å². The predicted molar refractivity (Wildman–Crippen MR) is 66.3 cm³/mol. The summed E-state index contributed by atoms with van der Waals surface area (Å²) in [7, 11) is 0. The van der Waals surface area contributed by atoms with Crippen molar-refractivity contribution < 1.29 is 4.79 Å². The van der Waals surface area contributed by atoms with Gasteiger partial charge < -0.3 is 4.90 Å². The highest BCUT2D eigenvalue weighted by molar-refractivity contribution is 5.77. The van der Waals surface area contributed by atoms with Gasteiger partial charge in [-0.3, -0.25) is 9.89 Å². The summed E-state index contributed by atoms with van der Waals surface area (Å²) in [6, 6.07) is 2.17. The molecule has 1 aromatic rings. The quantitative estimate of drug-likeness (QED) is 0.856. The molecule has 0 aliphatic carbocycles. The van der Waals surface area contributed by atoms with Crippen LogP contribution in [0.4, 0.5) is 0 Å². The van der Waals surface area contributed by atoms with Gasteiger partial charge in [0.15, 0.2) is 0 Å². The molecule has 1 N–H and O–H groups in total. The topological polar surface area (TPSA) is 49.0 Å². The Morgan fingerprint density at radius 3 is 2.94 bits per heavy atom. The summed E-state index contributed by atoms with van der Waals surface area (Å²) in [5.74, 6) is 0.259. The van der Waals surface area contributed by atoms with E-state index >= 15 is 0 Å². The van der Waals surface area contributed by atoms with E-state index in [9.17, 15) is 4.79 Å². The van der Waals surface area contributed by atoms with E-state index < -0.39 is 0 Å². The fourth-order valence-electron chi connectivity index (χ4n) is 2.40. The Hall–Kier alpha value is -1.32. The first-order valence-corrected chi connectivity index (χ1v) is 6.26. The molecule has 0 aromatic carbocycles. The van der Waals surface area contributed by atoms with Crippen molar-refractivity contribution in [1.82, 2.24) is 15.1 Å².